The van der Waals surface area contributed by atoms with Gasteiger partial charge in [-0.05, 0) is 51.2 Å². The summed E-state index contributed by atoms with van der Waals surface area (Å²) in [5.41, 5.74) is 9.17. The van der Waals surface area contributed by atoms with E-state index in [2.05, 4.69) is 10.3 Å². The quantitative estimate of drug-likeness (QED) is 0.881. The van der Waals surface area contributed by atoms with Crippen molar-refractivity contribution in [2.45, 2.75) is 52.1 Å². The lowest BCUT2D eigenvalue weighted by atomic mass is 9.98. The van der Waals surface area contributed by atoms with E-state index in [-0.39, 0.29) is 17.6 Å². The number of hydrogen-bond acceptors (Lipinski definition) is 5. The maximum Gasteiger partial charge on any atom is 0.363 e. The molecular weight excluding hydrogens is 292 g/mol. The van der Waals surface area contributed by atoms with Crippen LogP contribution in [0.2, 0.25) is 0 Å². The molecule has 0 bridgehead atoms. The molecule has 1 aliphatic carbocycles. The number of ether oxygens (including phenoxy) is 1. The number of benzene rings is 1. The molecule has 1 aliphatic rings. The number of aromatic nitrogens is 3. The minimum absolute atomic E-state index is 0.0260. The van der Waals surface area contributed by atoms with E-state index in [1.54, 1.807) is 0 Å². The molecule has 0 aliphatic heterocycles. The predicted molar refractivity (Wildman–Crippen MR) is 87.5 cm³/mol. The number of hydrogen-bond donors (Lipinski definition) is 1. The number of aryl methyl sites for hydroxylation is 2. The van der Waals surface area contributed by atoms with Crippen molar-refractivity contribution < 1.29 is 9.53 Å². The molecule has 1 heterocycles. The fraction of sp³-hybridized carbons (Fsp3) is 0.471. The minimum atomic E-state index is -0.481. The number of anilines is 1. The Balaban J connectivity index is 1.82. The smallest absolute Gasteiger partial charge is 0.363 e. The second kappa shape index (κ2) is 6.40. The highest BCUT2D eigenvalue weighted by molar-refractivity contribution is 5.92. The first-order chi connectivity index (χ1) is 11.1. The minimum Gasteiger partial charge on any atom is -0.458 e. The van der Waals surface area contributed by atoms with Gasteiger partial charge in [0.05, 0.1) is 5.69 Å². The third-order valence-corrected chi connectivity index (χ3v) is 4.30. The lowest BCUT2D eigenvalue weighted by molar-refractivity contribution is 0.0205. The summed E-state index contributed by atoms with van der Waals surface area (Å²) in [4.78, 5) is 12.3. The van der Waals surface area contributed by atoms with Crippen LogP contribution in [0.5, 0.6) is 0 Å². The van der Waals surface area contributed by atoms with Crippen molar-refractivity contribution in [3.05, 3.63) is 35.0 Å². The van der Waals surface area contributed by atoms with Crippen LogP contribution in [0.25, 0.3) is 5.69 Å². The van der Waals surface area contributed by atoms with Gasteiger partial charge in [0.2, 0.25) is 5.69 Å². The predicted octanol–water partition coefficient (Wildman–Crippen LogP) is 2.96. The Morgan fingerprint density at radius 1 is 1.26 bits per heavy atom. The third-order valence-electron chi connectivity index (χ3n) is 4.30. The van der Waals surface area contributed by atoms with E-state index < -0.39 is 5.97 Å². The summed E-state index contributed by atoms with van der Waals surface area (Å²) < 4.78 is 7.01. The fourth-order valence-corrected chi connectivity index (χ4v) is 3.05. The van der Waals surface area contributed by atoms with Gasteiger partial charge in [-0.25, -0.2) is 4.79 Å². The summed E-state index contributed by atoms with van der Waals surface area (Å²) in [5.74, 6) is -0.261. The Hall–Kier alpha value is -2.37. The van der Waals surface area contributed by atoms with Gasteiger partial charge in [0.1, 0.15) is 6.10 Å². The molecular formula is C17H22N4O2. The van der Waals surface area contributed by atoms with Crippen molar-refractivity contribution in [2.24, 2.45) is 0 Å². The zero-order valence-electron chi connectivity index (χ0n) is 13.6. The third kappa shape index (κ3) is 3.21. The number of esters is 1. The molecule has 3 rings (SSSR count). The summed E-state index contributed by atoms with van der Waals surface area (Å²) in [6.45, 7) is 4.00. The maximum absolute atomic E-state index is 12.3. The number of carbonyl (C=O) groups excluding carboxylic acids is 1. The molecule has 1 aromatic heterocycles. The zero-order chi connectivity index (χ0) is 16.4. The number of nitrogens with zero attached hydrogens (tertiary/aromatic N) is 3. The number of nitrogen functional groups attached to an aromatic ring is 1. The Morgan fingerprint density at radius 2 is 2.00 bits per heavy atom. The van der Waals surface area contributed by atoms with Crippen molar-refractivity contribution >= 4 is 11.8 Å². The Labute approximate surface area is 135 Å². The molecule has 1 fully saturated rings. The molecule has 2 N–H and O–H groups in total. The summed E-state index contributed by atoms with van der Waals surface area (Å²) in [7, 11) is 0. The Morgan fingerprint density at radius 3 is 2.70 bits per heavy atom. The molecule has 0 radical (unpaired) electrons. The molecule has 23 heavy (non-hydrogen) atoms. The first-order valence-electron chi connectivity index (χ1n) is 8.06. The van der Waals surface area contributed by atoms with Gasteiger partial charge < -0.3 is 10.5 Å². The first kappa shape index (κ1) is 15.5. The lowest BCUT2D eigenvalue weighted by Crippen LogP contribution is -2.21. The molecule has 0 saturated heterocycles. The fourth-order valence-electron chi connectivity index (χ4n) is 3.05. The monoisotopic (exact) mass is 314 g/mol. The van der Waals surface area contributed by atoms with E-state index in [1.165, 1.54) is 11.1 Å². The van der Waals surface area contributed by atoms with Crippen molar-refractivity contribution in [1.29, 1.82) is 0 Å². The topological polar surface area (TPSA) is 83.0 Å². The summed E-state index contributed by atoms with van der Waals surface area (Å²) >= 11 is 0. The number of nitrogens with two attached hydrogens (primary N) is 1. The van der Waals surface area contributed by atoms with E-state index in [9.17, 15) is 4.79 Å². The molecule has 2 aromatic rings. The second-order valence-corrected chi connectivity index (χ2v) is 6.19. The largest absolute Gasteiger partial charge is 0.458 e. The average molecular weight is 314 g/mol. The normalized spacial score (nSPS) is 15.6. The van der Waals surface area contributed by atoms with E-state index in [1.807, 2.05) is 32.0 Å². The van der Waals surface area contributed by atoms with E-state index >= 15 is 0 Å². The van der Waals surface area contributed by atoms with Crippen molar-refractivity contribution in [3.63, 3.8) is 0 Å². The van der Waals surface area contributed by atoms with E-state index in [4.69, 9.17) is 10.5 Å². The standard InChI is InChI=1S/C17H22N4O2/c1-11-8-9-14(12(2)10-11)21-16(18)15(19-20-21)17(22)23-13-6-4-3-5-7-13/h8-10,13H,3-7,18H2,1-2H3. The van der Waals surface area contributed by atoms with Crippen LogP contribution in [0.1, 0.15) is 53.7 Å². The average Bonchev–Trinajstić information content (AvgIpc) is 2.90. The molecule has 0 atom stereocenters. The van der Waals surface area contributed by atoms with Gasteiger partial charge in [0.25, 0.3) is 0 Å². The van der Waals surface area contributed by atoms with Gasteiger partial charge >= 0.3 is 5.97 Å². The summed E-state index contributed by atoms with van der Waals surface area (Å²) in [5, 5.41) is 7.97. The Bertz CT molecular complexity index is 717. The maximum atomic E-state index is 12.3. The van der Waals surface area contributed by atoms with Crippen LogP contribution in [-0.2, 0) is 4.74 Å². The van der Waals surface area contributed by atoms with Crippen molar-refractivity contribution in [3.8, 4) is 5.69 Å². The molecule has 0 unspecified atom stereocenters. The van der Waals surface area contributed by atoms with Gasteiger partial charge in [-0.15, -0.1) is 5.10 Å². The van der Waals surface area contributed by atoms with Gasteiger partial charge in [-0.2, -0.15) is 4.68 Å². The highest BCUT2D eigenvalue weighted by Crippen LogP contribution is 2.23. The first-order valence-corrected chi connectivity index (χ1v) is 8.06. The molecule has 122 valence electrons. The van der Waals surface area contributed by atoms with Gasteiger partial charge in [-0.3, -0.25) is 0 Å². The molecule has 1 saturated carbocycles. The molecule has 6 heteroatoms. The van der Waals surface area contributed by atoms with Crippen LogP contribution in [0.15, 0.2) is 18.2 Å². The molecule has 6 nitrogen and oxygen atoms in total. The van der Waals surface area contributed by atoms with Crippen molar-refractivity contribution in [1.82, 2.24) is 15.0 Å². The van der Waals surface area contributed by atoms with Crippen LogP contribution in [-0.4, -0.2) is 27.1 Å². The highest BCUT2D eigenvalue weighted by Gasteiger charge is 2.24. The SMILES string of the molecule is Cc1ccc(-n2nnc(C(=O)OC3CCCCC3)c2N)c(C)c1. The van der Waals surface area contributed by atoms with Gasteiger partial charge in [0, 0.05) is 0 Å². The molecule has 1 aromatic carbocycles. The lowest BCUT2D eigenvalue weighted by Gasteiger charge is -2.21. The summed E-state index contributed by atoms with van der Waals surface area (Å²) in [6, 6.07) is 5.94. The Kier molecular flexibility index (Phi) is 4.32. The van der Waals surface area contributed by atoms with Crippen molar-refractivity contribution in [2.75, 3.05) is 5.73 Å². The highest BCUT2D eigenvalue weighted by atomic mass is 16.5. The second-order valence-electron chi connectivity index (χ2n) is 6.19. The van der Waals surface area contributed by atoms with Gasteiger partial charge in [0.15, 0.2) is 5.82 Å². The van der Waals surface area contributed by atoms with Crippen LogP contribution < -0.4 is 5.73 Å². The van der Waals surface area contributed by atoms with E-state index in [0.717, 1.165) is 42.5 Å². The molecule has 0 spiro atoms. The number of rotatable bonds is 3. The van der Waals surface area contributed by atoms with Gasteiger partial charge in [-0.1, -0.05) is 29.3 Å². The zero-order valence-corrected chi connectivity index (χ0v) is 13.6. The van der Waals surface area contributed by atoms with Crippen LogP contribution in [0.3, 0.4) is 0 Å². The van der Waals surface area contributed by atoms with Crippen LogP contribution in [0.4, 0.5) is 5.82 Å². The number of carbonyl (C=O) groups is 1. The van der Waals surface area contributed by atoms with Crippen LogP contribution >= 0.6 is 0 Å². The van der Waals surface area contributed by atoms with E-state index in [0.29, 0.717) is 0 Å². The summed E-state index contributed by atoms with van der Waals surface area (Å²) in [6.07, 6.45) is 5.21. The van der Waals surface area contributed by atoms with Crippen LogP contribution in [0, 0.1) is 13.8 Å². The molecule has 0 amide bonds.